The van der Waals surface area contributed by atoms with Crippen molar-refractivity contribution in [2.45, 2.75) is 51.9 Å². The van der Waals surface area contributed by atoms with Crippen LogP contribution in [0.4, 0.5) is 14.9 Å². The number of nitrogens with one attached hydrogen (secondary N) is 1. The number of rotatable bonds is 2. The average Bonchev–Trinajstić information content (AvgIpc) is 2.36. The number of nitrogens with zero attached hydrogens (tertiary/aromatic N) is 2. The summed E-state index contributed by atoms with van der Waals surface area (Å²) in [5, 5.41) is 2.75. The predicted molar refractivity (Wildman–Crippen MR) is 83.9 cm³/mol. The van der Waals surface area contributed by atoms with E-state index in [2.05, 4.69) is 10.3 Å². The van der Waals surface area contributed by atoms with Crippen molar-refractivity contribution in [2.75, 3.05) is 18.0 Å². The quantitative estimate of drug-likeness (QED) is 0.913. The highest BCUT2D eigenvalue weighted by atomic mass is 19.1. The number of pyridine rings is 1. The number of aromatic nitrogens is 1. The number of alkyl carbamates (subject to hydrolysis) is 1. The van der Waals surface area contributed by atoms with Gasteiger partial charge in [0.2, 0.25) is 0 Å². The number of ether oxygens (including phenoxy) is 1. The summed E-state index contributed by atoms with van der Waals surface area (Å²) in [6.45, 7) is 8.17. The van der Waals surface area contributed by atoms with Gasteiger partial charge in [-0.1, -0.05) is 0 Å². The second-order valence-electron chi connectivity index (χ2n) is 6.74. The van der Waals surface area contributed by atoms with E-state index in [1.54, 1.807) is 27.0 Å². The lowest BCUT2D eigenvalue weighted by Gasteiger charge is -2.36. The molecule has 1 aliphatic rings. The number of hydrogen-bond donors (Lipinski definition) is 1. The zero-order valence-electron chi connectivity index (χ0n) is 13.6. The van der Waals surface area contributed by atoms with Crippen molar-refractivity contribution in [3.63, 3.8) is 0 Å². The molecule has 0 aliphatic carbocycles. The third kappa shape index (κ3) is 4.86. The zero-order valence-corrected chi connectivity index (χ0v) is 13.6. The van der Waals surface area contributed by atoms with Gasteiger partial charge in [0.25, 0.3) is 0 Å². The fraction of sp³-hybridized carbons (Fsp3) is 0.625. The minimum Gasteiger partial charge on any atom is -0.444 e. The topological polar surface area (TPSA) is 54.5 Å². The van der Waals surface area contributed by atoms with Gasteiger partial charge in [-0.05, 0) is 39.8 Å². The summed E-state index contributed by atoms with van der Waals surface area (Å²) in [5.41, 5.74) is 1.22. The smallest absolute Gasteiger partial charge is 0.407 e. The third-order valence-corrected chi connectivity index (χ3v) is 3.38. The molecule has 1 saturated heterocycles. The maximum atomic E-state index is 14.0. The Labute approximate surface area is 130 Å². The Bertz CT molecular complexity index is 513. The van der Waals surface area contributed by atoms with Crippen LogP contribution in [0.1, 0.15) is 32.9 Å². The van der Waals surface area contributed by atoms with Crippen LogP contribution in [0.25, 0.3) is 0 Å². The Morgan fingerprint density at radius 1 is 1.41 bits per heavy atom. The molecule has 5 nitrogen and oxygen atoms in total. The second kappa shape index (κ2) is 6.50. The number of aryl methyl sites for hydroxylation is 1. The van der Waals surface area contributed by atoms with Gasteiger partial charge in [-0.15, -0.1) is 0 Å². The molecule has 1 aromatic heterocycles. The van der Waals surface area contributed by atoms with E-state index in [1.807, 2.05) is 24.0 Å². The summed E-state index contributed by atoms with van der Waals surface area (Å²) in [7, 11) is 0. The first-order chi connectivity index (χ1) is 10.2. The summed E-state index contributed by atoms with van der Waals surface area (Å²) in [6.07, 6.45) is 0.538. The van der Waals surface area contributed by atoms with Crippen LogP contribution in [0, 0.1) is 6.92 Å². The van der Waals surface area contributed by atoms with Crippen LogP contribution in [-0.4, -0.2) is 42.0 Å². The first-order valence-corrected chi connectivity index (χ1v) is 7.54. The summed E-state index contributed by atoms with van der Waals surface area (Å²) in [4.78, 5) is 18.0. The molecule has 1 fully saturated rings. The molecule has 0 unspecified atom stereocenters. The maximum absolute atomic E-state index is 14.0. The highest BCUT2D eigenvalue weighted by Gasteiger charge is 2.29. The van der Waals surface area contributed by atoms with E-state index >= 15 is 0 Å². The summed E-state index contributed by atoms with van der Waals surface area (Å²) in [5.74, 6) is 0. The molecular formula is C16H24FN3O2. The molecule has 1 aliphatic heterocycles. The molecule has 1 aromatic rings. The number of carbonyl (C=O) groups excluding carboxylic acids is 1. The normalized spacial score (nSPS) is 22.3. The van der Waals surface area contributed by atoms with Gasteiger partial charge in [0.1, 0.15) is 11.8 Å². The Morgan fingerprint density at radius 2 is 2.14 bits per heavy atom. The highest BCUT2D eigenvalue weighted by molar-refractivity contribution is 5.68. The van der Waals surface area contributed by atoms with Gasteiger partial charge in [0.15, 0.2) is 0 Å². The molecule has 1 N–H and O–H groups in total. The van der Waals surface area contributed by atoms with Crippen molar-refractivity contribution in [1.82, 2.24) is 10.3 Å². The fourth-order valence-corrected chi connectivity index (χ4v) is 2.47. The van der Waals surface area contributed by atoms with Gasteiger partial charge in [-0.25, -0.2) is 9.18 Å². The van der Waals surface area contributed by atoms with Crippen LogP contribution >= 0.6 is 0 Å². The van der Waals surface area contributed by atoms with E-state index in [0.29, 0.717) is 19.5 Å². The van der Waals surface area contributed by atoms with Gasteiger partial charge in [-0.2, -0.15) is 0 Å². The Balaban J connectivity index is 1.99. The first-order valence-electron chi connectivity index (χ1n) is 7.54. The fourth-order valence-electron chi connectivity index (χ4n) is 2.47. The molecule has 6 heteroatoms. The number of piperidine rings is 1. The van der Waals surface area contributed by atoms with Crippen LogP contribution < -0.4 is 10.2 Å². The third-order valence-electron chi connectivity index (χ3n) is 3.38. The lowest BCUT2D eigenvalue weighted by Crippen LogP contribution is -2.52. The number of amides is 1. The molecule has 2 heterocycles. The molecule has 2 rings (SSSR count). The Hall–Kier alpha value is -1.85. The Kier molecular flexibility index (Phi) is 4.88. The molecule has 0 radical (unpaired) electrons. The first kappa shape index (κ1) is 16.5. The van der Waals surface area contributed by atoms with Crippen molar-refractivity contribution < 1.29 is 13.9 Å². The maximum Gasteiger partial charge on any atom is 0.407 e. The van der Waals surface area contributed by atoms with Crippen LogP contribution in [0.2, 0.25) is 0 Å². The van der Waals surface area contributed by atoms with Crippen molar-refractivity contribution >= 4 is 11.8 Å². The number of hydrogen-bond acceptors (Lipinski definition) is 4. The van der Waals surface area contributed by atoms with Crippen LogP contribution in [0.15, 0.2) is 18.3 Å². The van der Waals surface area contributed by atoms with Gasteiger partial charge in [0, 0.05) is 25.2 Å². The largest absolute Gasteiger partial charge is 0.444 e. The van der Waals surface area contributed by atoms with E-state index in [4.69, 9.17) is 4.74 Å². The summed E-state index contributed by atoms with van der Waals surface area (Å²) in [6, 6.07) is 3.54. The van der Waals surface area contributed by atoms with E-state index in [9.17, 15) is 9.18 Å². The lowest BCUT2D eigenvalue weighted by molar-refractivity contribution is 0.0491. The summed E-state index contributed by atoms with van der Waals surface area (Å²) >= 11 is 0. The van der Waals surface area contributed by atoms with Crippen molar-refractivity contribution in [1.29, 1.82) is 0 Å². The van der Waals surface area contributed by atoms with Crippen LogP contribution in [0.3, 0.4) is 0 Å². The van der Waals surface area contributed by atoms with Gasteiger partial charge < -0.3 is 15.0 Å². The van der Waals surface area contributed by atoms with Crippen molar-refractivity contribution in [3.8, 4) is 0 Å². The van der Waals surface area contributed by atoms with E-state index in [0.717, 1.165) is 11.4 Å². The molecule has 2 atom stereocenters. The summed E-state index contributed by atoms with van der Waals surface area (Å²) < 4.78 is 19.2. The van der Waals surface area contributed by atoms with E-state index in [-0.39, 0.29) is 6.04 Å². The SMILES string of the molecule is Cc1ccc(N2C[C@@H](F)C[C@H](NC(=O)OC(C)(C)C)C2)cn1. The standard InChI is InChI=1S/C16H24FN3O2/c1-11-5-6-14(8-18-11)20-9-12(17)7-13(10-20)19-15(21)22-16(2,3)4/h5-6,8,12-13H,7,9-10H2,1-4H3,(H,19,21)/t12-,13-/m0/s1. The predicted octanol–water partition coefficient (Wildman–Crippen LogP) is 2.83. The van der Waals surface area contributed by atoms with Crippen molar-refractivity contribution in [2.24, 2.45) is 0 Å². The van der Waals surface area contributed by atoms with Gasteiger partial charge in [0.05, 0.1) is 17.9 Å². The van der Waals surface area contributed by atoms with Gasteiger partial charge >= 0.3 is 6.09 Å². The molecule has 22 heavy (non-hydrogen) atoms. The molecule has 0 saturated carbocycles. The average molecular weight is 309 g/mol. The number of anilines is 1. The molecule has 0 aromatic carbocycles. The van der Waals surface area contributed by atoms with Crippen molar-refractivity contribution in [3.05, 3.63) is 24.0 Å². The Morgan fingerprint density at radius 3 is 2.73 bits per heavy atom. The van der Waals surface area contributed by atoms with E-state index < -0.39 is 17.9 Å². The number of halogens is 1. The zero-order chi connectivity index (χ0) is 16.3. The van der Waals surface area contributed by atoms with Crippen LogP contribution in [-0.2, 0) is 4.74 Å². The van der Waals surface area contributed by atoms with Gasteiger partial charge in [-0.3, -0.25) is 4.98 Å². The minimum atomic E-state index is -0.991. The lowest BCUT2D eigenvalue weighted by atomic mass is 10.0. The van der Waals surface area contributed by atoms with Crippen LogP contribution in [0.5, 0.6) is 0 Å². The minimum absolute atomic E-state index is 0.278. The molecular weight excluding hydrogens is 285 g/mol. The van der Waals surface area contributed by atoms with E-state index in [1.165, 1.54) is 0 Å². The number of carbonyl (C=O) groups is 1. The molecule has 0 bridgehead atoms. The molecule has 1 amide bonds. The molecule has 0 spiro atoms. The monoisotopic (exact) mass is 309 g/mol. The number of alkyl halides is 1. The molecule has 122 valence electrons. The second-order valence-corrected chi connectivity index (χ2v) is 6.74. The highest BCUT2D eigenvalue weighted by Crippen LogP contribution is 2.21.